The molecule has 180 valence electrons. The molecule has 1 amide bonds. The van der Waals surface area contributed by atoms with Gasteiger partial charge in [-0.25, -0.2) is 5.01 Å². The first kappa shape index (κ1) is 24.2. The molecule has 0 unspecified atom stereocenters. The zero-order chi connectivity index (χ0) is 24.1. The van der Waals surface area contributed by atoms with Gasteiger partial charge in [-0.1, -0.05) is 41.9 Å². The molecule has 2 aliphatic rings. The number of likely N-dealkylation sites (tertiary alicyclic amines) is 1. The Hall–Kier alpha value is -2.90. The monoisotopic (exact) mass is 483 g/mol. The van der Waals surface area contributed by atoms with Gasteiger partial charge in [0.2, 0.25) is 0 Å². The van der Waals surface area contributed by atoms with E-state index in [0.29, 0.717) is 30.3 Å². The third kappa shape index (κ3) is 5.26. The number of halogens is 1. The number of rotatable bonds is 7. The van der Waals surface area contributed by atoms with Crippen LogP contribution in [0, 0.1) is 5.92 Å². The highest BCUT2D eigenvalue weighted by molar-refractivity contribution is 6.31. The lowest BCUT2D eigenvalue weighted by molar-refractivity contribution is -0.150. The van der Waals surface area contributed by atoms with E-state index < -0.39 is 0 Å². The third-order valence-corrected chi connectivity index (χ3v) is 6.68. The first-order valence-electron chi connectivity index (χ1n) is 11.7. The van der Waals surface area contributed by atoms with Crippen molar-refractivity contribution in [1.29, 1.82) is 0 Å². The van der Waals surface area contributed by atoms with E-state index in [1.807, 2.05) is 60.4 Å². The summed E-state index contributed by atoms with van der Waals surface area (Å²) in [6.07, 6.45) is 2.16. The Labute approximate surface area is 205 Å². The van der Waals surface area contributed by atoms with Crippen molar-refractivity contribution >= 4 is 29.2 Å². The van der Waals surface area contributed by atoms with Crippen molar-refractivity contribution in [2.24, 2.45) is 11.0 Å². The Bertz CT molecular complexity index is 1070. The van der Waals surface area contributed by atoms with Crippen LogP contribution in [0.5, 0.6) is 5.75 Å². The van der Waals surface area contributed by atoms with E-state index in [2.05, 4.69) is 0 Å². The number of amides is 1. The molecular weight excluding hydrogens is 454 g/mol. The van der Waals surface area contributed by atoms with Crippen molar-refractivity contribution in [3.05, 3.63) is 64.7 Å². The fourth-order valence-electron chi connectivity index (χ4n) is 4.69. The number of nitrogens with zero attached hydrogens (tertiary/aromatic N) is 3. The molecular formula is C26H30ClN3O4. The van der Waals surface area contributed by atoms with Crippen LogP contribution in [0.15, 0.2) is 53.6 Å². The Morgan fingerprint density at radius 1 is 1.15 bits per heavy atom. The van der Waals surface area contributed by atoms with Crippen LogP contribution in [0.4, 0.5) is 0 Å². The van der Waals surface area contributed by atoms with Crippen molar-refractivity contribution in [2.45, 2.75) is 32.2 Å². The summed E-state index contributed by atoms with van der Waals surface area (Å²) in [5.41, 5.74) is 2.49. The molecule has 2 atom stereocenters. The molecule has 7 nitrogen and oxygen atoms in total. The molecule has 8 heteroatoms. The fourth-order valence-corrected chi connectivity index (χ4v) is 4.95. The molecule has 0 N–H and O–H groups in total. The fraction of sp³-hybridized carbons (Fsp3) is 0.423. The average molecular weight is 484 g/mol. The highest BCUT2D eigenvalue weighted by Gasteiger charge is 2.36. The highest BCUT2D eigenvalue weighted by atomic mass is 35.5. The first-order valence-corrected chi connectivity index (χ1v) is 12.1. The molecule has 0 aromatic heterocycles. The molecule has 0 spiro atoms. The third-order valence-electron chi connectivity index (χ3n) is 6.33. The second-order valence-corrected chi connectivity index (χ2v) is 8.96. The number of hydrazone groups is 1. The number of para-hydroxylation sites is 1. The van der Waals surface area contributed by atoms with E-state index in [1.165, 1.54) is 0 Å². The van der Waals surface area contributed by atoms with Crippen LogP contribution in [0.2, 0.25) is 5.02 Å². The number of piperidine rings is 1. The summed E-state index contributed by atoms with van der Waals surface area (Å²) >= 11 is 6.53. The molecule has 0 bridgehead atoms. The number of benzene rings is 2. The first-order chi connectivity index (χ1) is 16.5. The normalized spacial score (nSPS) is 20.7. The lowest BCUT2D eigenvalue weighted by Gasteiger charge is -2.32. The number of hydrogen-bond donors (Lipinski definition) is 0. The summed E-state index contributed by atoms with van der Waals surface area (Å²) < 4.78 is 10.7. The Morgan fingerprint density at radius 3 is 2.68 bits per heavy atom. The van der Waals surface area contributed by atoms with Gasteiger partial charge in [0.05, 0.1) is 37.9 Å². The van der Waals surface area contributed by atoms with Crippen molar-refractivity contribution in [1.82, 2.24) is 9.91 Å². The van der Waals surface area contributed by atoms with Gasteiger partial charge in [-0.2, -0.15) is 5.10 Å². The summed E-state index contributed by atoms with van der Waals surface area (Å²) in [4.78, 5) is 27.8. The number of ether oxygens (including phenoxy) is 2. The van der Waals surface area contributed by atoms with Gasteiger partial charge in [0.15, 0.2) is 0 Å². The lowest BCUT2D eigenvalue weighted by Crippen LogP contribution is -2.44. The maximum absolute atomic E-state index is 13.5. The molecule has 1 fully saturated rings. The molecule has 4 rings (SSSR count). The maximum atomic E-state index is 13.5. The second-order valence-electron chi connectivity index (χ2n) is 8.55. The number of carbonyl (C=O) groups excluding carboxylic acids is 2. The van der Waals surface area contributed by atoms with E-state index in [1.54, 1.807) is 12.1 Å². The molecule has 1 saturated heterocycles. The standard InChI is InChI=1S/C26H30ClN3O4/c1-3-34-26(32)18-9-8-14-29(16-18)17-25(31)30-23(19-10-4-6-12-21(19)27)15-22(28-30)20-11-5-7-13-24(20)33-2/h4-7,10-13,18,23H,3,8-9,14-17H2,1-2H3/t18-,23+/m0/s1. The largest absolute Gasteiger partial charge is 0.496 e. The summed E-state index contributed by atoms with van der Waals surface area (Å²) in [7, 11) is 1.62. The van der Waals surface area contributed by atoms with Crippen molar-refractivity contribution in [3.8, 4) is 5.75 Å². The quantitative estimate of drug-likeness (QED) is 0.549. The summed E-state index contributed by atoms with van der Waals surface area (Å²) in [5.74, 6) is 0.194. The average Bonchev–Trinajstić information content (AvgIpc) is 3.30. The molecule has 0 aliphatic carbocycles. The van der Waals surface area contributed by atoms with E-state index in [4.69, 9.17) is 26.2 Å². The topological polar surface area (TPSA) is 71.4 Å². The maximum Gasteiger partial charge on any atom is 0.310 e. The van der Waals surface area contributed by atoms with Crippen LogP contribution in [0.3, 0.4) is 0 Å². The van der Waals surface area contributed by atoms with Crippen LogP contribution < -0.4 is 4.74 Å². The Balaban J connectivity index is 1.58. The van der Waals surface area contributed by atoms with Gasteiger partial charge >= 0.3 is 5.97 Å². The lowest BCUT2D eigenvalue weighted by atomic mass is 9.97. The van der Waals surface area contributed by atoms with Gasteiger partial charge in [-0.05, 0) is 50.1 Å². The van der Waals surface area contributed by atoms with Gasteiger partial charge in [-0.3, -0.25) is 14.5 Å². The number of carbonyl (C=O) groups is 2. The smallest absolute Gasteiger partial charge is 0.310 e. The molecule has 2 aromatic rings. The van der Waals surface area contributed by atoms with E-state index >= 15 is 0 Å². The highest BCUT2D eigenvalue weighted by Crippen LogP contribution is 2.38. The predicted octanol–water partition coefficient (Wildman–Crippen LogP) is 4.30. The van der Waals surface area contributed by atoms with Crippen molar-refractivity contribution < 1.29 is 19.1 Å². The summed E-state index contributed by atoms with van der Waals surface area (Å²) in [6.45, 7) is 3.62. The van der Waals surface area contributed by atoms with Crippen LogP contribution >= 0.6 is 11.6 Å². The zero-order valence-corrected chi connectivity index (χ0v) is 20.3. The minimum Gasteiger partial charge on any atom is -0.496 e. The van der Waals surface area contributed by atoms with Gasteiger partial charge in [0.25, 0.3) is 5.91 Å². The molecule has 0 saturated carbocycles. The van der Waals surface area contributed by atoms with Gasteiger partial charge in [0, 0.05) is 23.6 Å². The van der Waals surface area contributed by atoms with Crippen LogP contribution in [0.1, 0.15) is 43.4 Å². The second kappa shape index (κ2) is 11.0. The predicted molar refractivity (Wildman–Crippen MR) is 131 cm³/mol. The molecule has 34 heavy (non-hydrogen) atoms. The van der Waals surface area contributed by atoms with Crippen LogP contribution in [-0.2, 0) is 14.3 Å². The SMILES string of the molecule is CCOC(=O)[C@H]1CCCN(CC(=O)N2N=C(c3ccccc3OC)C[C@@H]2c2ccccc2Cl)C1. The van der Waals surface area contributed by atoms with Gasteiger partial charge in [0.1, 0.15) is 5.75 Å². The molecule has 2 aromatic carbocycles. The minimum absolute atomic E-state index is 0.126. The van der Waals surface area contributed by atoms with Crippen LogP contribution in [-0.4, -0.2) is 60.8 Å². The number of hydrogen-bond acceptors (Lipinski definition) is 6. The molecule has 2 heterocycles. The Kier molecular flexibility index (Phi) is 7.85. The number of methoxy groups -OCH3 is 1. The van der Waals surface area contributed by atoms with Crippen molar-refractivity contribution in [3.63, 3.8) is 0 Å². The minimum atomic E-state index is -0.313. The summed E-state index contributed by atoms with van der Waals surface area (Å²) in [6, 6.07) is 14.9. The van der Waals surface area contributed by atoms with Crippen LogP contribution in [0.25, 0.3) is 0 Å². The van der Waals surface area contributed by atoms with Gasteiger partial charge < -0.3 is 9.47 Å². The van der Waals surface area contributed by atoms with E-state index in [-0.39, 0.29) is 30.4 Å². The Morgan fingerprint density at radius 2 is 1.91 bits per heavy atom. The van der Waals surface area contributed by atoms with Gasteiger partial charge in [-0.15, -0.1) is 0 Å². The van der Waals surface area contributed by atoms with E-state index in [9.17, 15) is 9.59 Å². The van der Waals surface area contributed by atoms with E-state index in [0.717, 1.165) is 36.2 Å². The molecule has 2 aliphatic heterocycles. The zero-order valence-electron chi connectivity index (χ0n) is 19.6. The number of esters is 1. The summed E-state index contributed by atoms with van der Waals surface area (Å²) in [5, 5.41) is 6.91. The van der Waals surface area contributed by atoms with Crippen molar-refractivity contribution in [2.75, 3.05) is 33.4 Å². The molecule has 0 radical (unpaired) electrons.